The lowest BCUT2D eigenvalue weighted by Crippen LogP contribution is -2.38. The van der Waals surface area contributed by atoms with Gasteiger partial charge in [-0.15, -0.1) is 0 Å². The van der Waals surface area contributed by atoms with Crippen LogP contribution < -0.4 is 24.6 Å². The predicted octanol–water partition coefficient (Wildman–Crippen LogP) is 3.94. The molecule has 0 aliphatic carbocycles. The summed E-state index contributed by atoms with van der Waals surface area (Å²) in [4.78, 5) is 42.8. The Hall–Kier alpha value is -4.92. The lowest BCUT2D eigenvalue weighted by Gasteiger charge is -2.35. The largest absolute Gasteiger partial charge is 0.497 e. The van der Waals surface area contributed by atoms with Crippen LogP contribution in [0.1, 0.15) is 62.0 Å². The van der Waals surface area contributed by atoms with Crippen molar-refractivity contribution in [3.63, 3.8) is 0 Å². The maximum atomic E-state index is 13.8. The quantitative estimate of drug-likeness (QED) is 0.267. The number of carbonyl (C=O) groups excluding carboxylic acids is 2. The highest BCUT2D eigenvalue weighted by Gasteiger charge is 2.48. The molecule has 1 fully saturated rings. The summed E-state index contributed by atoms with van der Waals surface area (Å²) in [5.74, 6) is 2.40. The van der Waals surface area contributed by atoms with Gasteiger partial charge in [-0.25, -0.2) is 15.0 Å². The molecule has 12 heteroatoms. The molecule has 1 amide bonds. The Morgan fingerprint density at radius 3 is 2.55 bits per heavy atom. The SMILES string of the molecule is COc1ccc(CN2C(=O)C(C)(C)c3c(N4CCC(c5nc(C#N)ccc5NCCOC(C)=O)CC4)ncnc32)c(OC)c1. The number of nitriles is 1. The molecule has 2 aromatic heterocycles. The summed E-state index contributed by atoms with van der Waals surface area (Å²) in [6, 6.07) is 11.2. The number of aromatic nitrogens is 3. The number of anilines is 3. The van der Waals surface area contributed by atoms with Crippen molar-refractivity contribution in [2.45, 2.75) is 51.5 Å². The molecular weight excluding hydrogens is 562 g/mol. The third-order valence-electron chi connectivity index (χ3n) is 8.23. The molecule has 1 aromatic carbocycles. The van der Waals surface area contributed by atoms with Crippen LogP contribution in [0.3, 0.4) is 0 Å². The number of hydrogen-bond donors (Lipinski definition) is 1. The van der Waals surface area contributed by atoms with E-state index in [4.69, 9.17) is 19.2 Å². The first kappa shape index (κ1) is 30.5. The van der Waals surface area contributed by atoms with Crippen LogP contribution in [0, 0.1) is 11.3 Å². The molecule has 0 radical (unpaired) electrons. The number of ether oxygens (including phenoxy) is 3. The van der Waals surface area contributed by atoms with Crippen molar-refractivity contribution in [1.82, 2.24) is 15.0 Å². The summed E-state index contributed by atoms with van der Waals surface area (Å²) in [7, 11) is 3.20. The average molecular weight is 600 g/mol. The van der Waals surface area contributed by atoms with E-state index in [2.05, 4.69) is 26.3 Å². The van der Waals surface area contributed by atoms with Crippen LogP contribution in [-0.2, 0) is 26.3 Å². The van der Waals surface area contributed by atoms with Gasteiger partial charge in [0.2, 0.25) is 5.91 Å². The number of rotatable bonds is 10. The summed E-state index contributed by atoms with van der Waals surface area (Å²) in [5, 5.41) is 12.8. The first-order valence-corrected chi connectivity index (χ1v) is 14.6. The molecule has 12 nitrogen and oxygen atoms in total. The normalized spacial score (nSPS) is 15.9. The molecule has 0 bridgehead atoms. The van der Waals surface area contributed by atoms with E-state index in [0.29, 0.717) is 49.2 Å². The number of methoxy groups -OCH3 is 2. The fourth-order valence-electron chi connectivity index (χ4n) is 5.95. The minimum absolute atomic E-state index is 0.0519. The second kappa shape index (κ2) is 12.8. The van der Waals surface area contributed by atoms with Crippen LogP contribution >= 0.6 is 0 Å². The van der Waals surface area contributed by atoms with E-state index in [0.717, 1.165) is 41.2 Å². The van der Waals surface area contributed by atoms with Crippen molar-refractivity contribution in [2.75, 3.05) is 55.6 Å². The first-order chi connectivity index (χ1) is 21.2. The van der Waals surface area contributed by atoms with E-state index < -0.39 is 5.41 Å². The molecule has 2 aliphatic rings. The van der Waals surface area contributed by atoms with Gasteiger partial charge in [0.15, 0.2) is 0 Å². The van der Waals surface area contributed by atoms with Gasteiger partial charge in [0.1, 0.15) is 47.8 Å². The molecule has 1 N–H and O–H groups in total. The van der Waals surface area contributed by atoms with Crippen LogP contribution in [-0.4, -0.2) is 67.3 Å². The van der Waals surface area contributed by atoms with E-state index in [-0.39, 0.29) is 24.4 Å². The first-order valence-electron chi connectivity index (χ1n) is 14.6. The van der Waals surface area contributed by atoms with Gasteiger partial charge in [-0.2, -0.15) is 5.26 Å². The average Bonchev–Trinajstić information content (AvgIpc) is 3.23. The standard InChI is InChI=1S/C32H37N7O5/c1-20(40)44-15-12-34-25-9-7-23(17-33)37-28(25)21-10-13-38(14-11-21)29-27-30(36-19-35-29)39(31(41)32(27,2)3)18-22-6-8-24(42-4)16-26(22)43-5/h6-9,16,19,21,34H,10-15,18H2,1-5H3. The maximum Gasteiger partial charge on any atom is 0.302 e. The summed E-state index contributed by atoms with van der Waals surface area (Å²) in [5.41, 5.74) is 2.84. The van der Waals surface area contributed by atoms with E-state index in [1.165, 1.54) is 13.3 Å². The monoisotopic (exact) mass is 599 g/mol. The number of fused-ring (bicyclic) bond motifs is 1. The number of amides is 1. The maximum absolute atomic E-state index is 13.8. The summed E-state index contributed by atoms with van der Waals surface area (Å²) < 4.78 is 16.0. The Balaban J connectivity index is 1.37. The Kier molecular flexibility index (Phi) is 8.85. The fourth-order valence-corrected chi connectivity index (χ4v) is 5.95. The van der Waals surface area contributed by atoms with Crippen molar-refractivity contribution in [3.8, 4) is 17.6 Å². The van der Waals surface area contributed by atoms with Gasteiger partial charge < -0.3 is 24.4 Å². The molecule has 2 aliphatic heterocycles. The fraction of sp³-hybridized carbons (Fsp3) is 0.438. The smallest absolute Gasteiger partial charge is 0.302 e. The zero-order valence-electron chi connectivity index (χ0n) is 25.7. The molecule has 0 saturated carbocycles. The predicted molar refractivity (Wildman–Crippen MR) is 164 cm³/mol. The zero-order valence-corrected chi connectivity index (χ0v) is 25.7. The number of nitrogens with zero attached hydrogens (tertiary/aromatic N) is 6. The number of piperidine rings is 1. The molecule has 44 heavy (non-hydrogen) atoms. The van der Waals surface area contributed by atoms with Crippen LogP contribution in [0.4, 0.5) is 17.3 Å². The number of esters is 1. The second-order valence-electron chi connectivity index (χ2n) is 11.4. The highest BCUT2D eigenvalue weighted by molar-refractivity contribution is 6.08. The van der Waals surface area contributed by atoms with Crippen LogP contribution in [0.2, 0.25) is 0 Å². The molecule has 0 atom stereocenters. The molecule has 4 heterocycles. The Labute approximate surface area is 257 Å². The molecule has 5 rings (SSSR count). The van der Waals surface area contributed by atoms with Gasteiger partial charge in [0.25, 0.3) is 0 Å². The van der Waals surface area contributed by atoms with Crippen LogP contribution in [0.15, 0.2) is 36.7 Å². The highest BCUT2D eigenvalue weighted by Crippen LogP contribution is 2.46. The van der Waals surface area contributed by atoms with E-state index >= 15 is 0 Å². The van der Waals surface area contributed by atoms with Crippen molar-refractivity contribution < 1.29 is 23.8 Å². The van der Waals surface area contributed by atoms with Crippen LogP contribution in [0.5, 0.6) is 11.5 Å². The lowest BCUT2D eigenvalue weighted by molar-refractivity contribution is -0.140. The van der Waals surface area contributed by atoms with Gasteiger partial charge in [-0.05, 0) is 51.0 Å². The van der Waals surface area contributed by atoms with Gasteiger partial charge in [-0.1, -0.05) is 0 Å². The summed E-state index contributed by atoms with van der Waals surface area (Å²) >= 11 is 0. The third-order valence-corrected chi connectivity index (χ3v) is 8.23. The number of carbonyl (C=O) groups is 2. The van der Waals surface area contributed by atoms with Crippen molar-refractivity contribution in [3.05, 3.63) is 59.2 Å². The van der Waals surface area contributed by atoms with Gasteiger partial charge >= 0.3 is 5.97 Å². The summed E-state index contributed by atoms with van der Waals surface area (Å²) in [6.07, 6.45) is 3.08. The van der Waals surface area contributed by atoms with Crippen molar-refractivity contribution >= 4 is 29.2 Å². The topological polar surface area (TPSA) is 143 Å². The number of hydrogen-bond acceptors (Lipinski definition) is 11. The minimum Gasteiger partial charge on any atom is -0.497 e. The van der Waals surface area contributed by atoms with E-state index in [9.17, 15) is 14.9 Å². The molecule has 230 valence electrons. The highest BCUT2D eigenvalue weighted by atomic mass is 16.5. The van der Waals surface area contributed by atoms with Gasteiger partial charge in [0.05, 0.1) is 43.1 Å². The molecule has 0 spiro atoms. The number of nitrogens with one attached hydrogen (secondary N) is 1. The second-order valence-corrected chi connectivity index (χ2v) is 11.4. The summed E-state index contributed by atoms with van der Waals surface area (Å²) in [6.45, 7) is 7.58. The van der Waals surface area contributed by atoms with E-state index in [1.807, 2.05) is 32.0 Å². The zero-order chi connectivity index (χ0) is 31.4. The Bertz CT molecular complexity index is 1590. The Morgan fingerprint density at radius 1 is 1.11 bits per heavy atom. The van der Waals surface area contributed by atoms with Gasteiger partial charge in [0, 0.05) is 44.1 Å². The molecular formula is C32H37N7O5. The minimum atomic E-state index is -0.829. The third kappa shape index (κ3) is 5.95. The van der Waals surface area contributed by atoms with Crippen molar-refractivity contribution in [2.24, 2.45) is 0 Å². The number of pyridine rings is 1. The van der Waals surface area contributed by atoms with Crippen LogP contribution in [0.25, 0.3) is 0 Å². The lowest BCUT2D eigenvalue weighted by atomic mass is 9.86. The molecule has 0 unspecified atom stereocenters. The van der Waals surface area contributed by atoms with Crippen molar-refractivity contribution in [1.29, 1.82) is 5.26 Å². The Morgan fingerprint density at radius 2 is 1.86 bits per heavy atom. The van der Waals surface area contributed by atoms with Gasteiger partial charge in [-0.3, -0.25) is 14.5 Å². The number of benzene rings is 1. The molecule has 1 saturated heterocycles. The molecule has 3 aromatic rings. The van der Waals surface area contributed by atoms with E-state index in [1.54, 1.807) is 31.3 Å².